The first-order valence-corrected chi connectivity index (χ1v) is 12.4. The lowest BCUT2D eigenvalue weighted by atomic mass is 9.98. The highest BCUT2D eigenvalue weighted by Crippen LogP contribution is 2.37. The van der Waals surface area contributed by atoms with E-state index < -0.39 is 85.4 Å². The number of rotatable bonds is 7. The second kappa shape index (κ2) is 11.1. The van der Waals surface area contributed by atoms with Gasteiger partial charge in [0.1, 0.15) is 58.2 Å². The van der Waals surface area contributed by atoms with Gasteiger partial charge in [-0.15, -0.1) is 0 Å². The quantitative estimate of drug-likeness (QED) is 0.140. The van der Waals surface area contributed by atoms with Gasteiger partial charge in [0.05, 0.1) is 19.8 Å². The summed E-state index contributed by atoms with van der Waals surface area (Å²) in [5.74, 6) is -1.52. The predicted molar refractivity (Wildman–Crippen MR) is 134 cm³/mol. The summed E-state index contributed by atoms with van der Waals surface area (Å²) >= 11 is 0. The molecular formula is C26H28O15. The Bertz CT molecular complexity index is 1470. The van der Waals surface area contributed by atoms with Crippen molar-refractivity contribution >= 4 is 11.0 Å². The number of phenolic OH excluding ortho intramolecular Hbond substituents is 3. The second-order valence-electron chi connectivity index (χ2n) is 9.81. The number of fused-ring (bicyclic) bond motifs is 1. The molecule has 2 aliphatic rings. The van der Waals surface area contributed by atoms with E-state index in [1.54, 1.807) is 0 Å². The third-order valence-corrected chi connectivity index (χ3v) is 6.97. The Hall–Kier alpha value is -3.51. The third-order valence-electron chi connectivity index (χ3n) is 6.97. The fraction of sp³-hybridized carbons (Fsp3) is 0.423. The van der Waals surface area contributed by atoms with Crippen molar-refractivity contribution in [3.8, 4) is 34.3 Å². The lowest BCUT2D eigenvalue weighted by Crippen LogP contribution is -2.62. The maximum atomic E-state index is 12.8. The van der Waals surface area contributed by atoms with Crippen LogP contribution in [0.15, 0.2) is 45.6 Å². The predicted octanol–water partition coefficient (Wildman–Crippen LogP) is -1.78. The summed E-state index contributed by atoms with van der Waals surface area (Å²) in [6.45, 7) is -2.14. The maximum absolute atomic E-state index is 12.8. The lowest BCUT2D eigenvalue weighted by molar-refractivity contribution is -0.329. The molecule has 3 heterocycles. The van der Waals surface area contributed by atoms with E-state index in [0.29, 0.717) is 0 Å². The highest BCUT2D eigenvalue weighted by Gasteiger charge is 2.55. The standard InChI is InChI=1S/C26H28O15/c27-7-18-20(33)21(34)22(35)24(40-18)41-23-25(37-9-26(23,36)8-28)38-11-4-14(31)19-15(32)6-16(39-17(19)5-11)10-1-2-12(29)13(30)3-10/h1-6,18,20-25,27-31,33-36H,7-9H2/t18-,20-,21+,22-,23+,24+,25+,26?/m1/s1. The van der Waals surface area contributed by atoms with Crippen LogP contribution in [0.4, 0.5) is 0 Å². The van der Waals surface area contributed by atoms with E-state index in [1.807, 2.05) is 0 Å². The number of ether oxygens (including phenoxy) is 4. The molecule has 222 valence electrons. The average molecular weight is 580 g/mol. The zero-order valence-electron chi connectivity index (χ0n) is 21.1. The Morgan fingerprint density at radius 2 is 1.66 bits per heavy atom. The molecule has 2 aliphatic heterocycles. The van der Waals surface area contributed by atoms with Crippen molar-refractivity contribution < 1.29 is 69.3 Å². The smallest absolute Gasteiger partial charge is 0.229 e. The Morgan fingerprint density at radius 1 is 0.902 bits per heavy atom. The Labute approximate surface area is 230 Å². The highest BCUT2D eigenvalue weighted by molar-refractivity contribution is 5.86. The van der Waals surface area contributed by atoms with E-state index >= 15 is 0 Å². The van der Waals surface area contributed by atoms with Crippen LogP contribution in [0.2, 0.25) is 0 Å². The van der Waals surface area contributed by atoms with Gasteiger partial charge in [0.15, 0.2) is 29.3 Å². The molecule has 0 amide bonds. The van der Waals surface area contributed by atoms with E-state index in [0.717, 1.165) is 12.1 Å². The number of hydrogen-bond acceptors (Lipinski definition) is 15. The van der Waals surface area contributed by atoms with Crippen molar-refractivity contribution in [2.45, 2.75) is 48.7 Å². The van der Waals surface area contributed by atoms with Gasteiger partial charge >= 0.3 is 0 Å². The van der Waals surface area contributed by atoms with Crippen molar-refractivity contribution in [2.24, 2.45) is 0 Å². The number of phenols is 3. The molecule has 15 nitrogen and oxygen atoms in total. The molecule has 0 radical (unpaired) electrons. The molecule has 0 bridgehead atoms. The van der Waals surface area contributed by atoms with Gasteiger partial charge in [-0.3, -0.25) is 4.79 Å². The van der Waals surface area contributed by atoms with E-state index in [4.69, 9.17) is 23.4 Å². The molecule has 1 aromatic heterocycles. The summed E-state index contributed by atoms with van der Waals surface area (Å²) in [5, 5.41) is 90.4. The molecular weight excluding hydrogens is 552 g/mol. The number of benzene rings is 2. The first-order chi connectivity index (χ1) is 19.4. The molecule has 9 N–H and O–H groups in total. The van der Waals surface area contributed by atoms with Crippen LogP contribution in [0.5, 0.6) is 23.0 Å². The summed E-state index contributed by atoms with van der Waals surface area (Å²) in [6.07, 6.45) is -11.4. The molecule has 0 saturated carbocycles. The summed E-state index contributed by atoms with van der Waals surface area (Å²) < 4.78 is 28.0. The second-order valence-corrected chi connectivity index (χ2v) is 9.81. The largest absolute Gasteiger partial charge is 0.507 e. The summed E-state index contributed by atoms with van der Waals surface area (Å²) in [4.78, 5) is 12.8. The summed E-state index contributed by atoms with van der Waals surface area (Å²) in [6, 6.07) is 7.13. The van der Waals surface area contributed by atoms with E-state index in [2.05, 4.69) is 0 Å². The molecule has 2 fully saturated rings. The molecule has 1 unspecified atom stereocenters. The minimum Gasteiger partial charge on any atom is -0.507 e. The van der Waals surface area contributed by atoms with E-state index in [1.165, 1.54) is 24.3 Å². The van der Waals surface area contributed by atoms with Crippen molar-refractivity contribution in [3.63, 3.8) is 0 Å². The van der Waals surface area contributed by atoms with Gasteiger partial charge in [0.25, 0.3) is 0 Å². The van der Waals surface area contributed by atoms with Crippen LogP contribution in [0.3, 0.4) is 0 Å². The number of aliphatic hydroxyl groups is 6. The SMILES string of the molecule is O=c1cc(-c2ccc(O)c(O)c2)oc2cc(O[C@@H]3OCC(O)(CO)[C@H]3O[C@@H]3O[C@H](CO)[C@@H](O)[C@H](O)[C@H]3O)cc(O)c12. The lowest BCUT2D eigenvalue weighted by Gasteiger charge is -2.42. The van der Waals surface area contributed by atoms with Crippen LogP contribution in [-0.4, -0.2) is 114 Å². The topological polar surface area (TPSA) is 249 Å². The van der Waals surface area contributed by atoms with Crippen LogP contribution < -0.4 is 10.2 Å². The van der Waals surface area contributed by atoms with Gasteiger partial charge < -0.3 is 69.3 Å². The zero-order valence-corrected chi connectivity index (χ0v) is 21.1. The van der Waals surface area contributed by atoms with Crippen molar-refractivity contribution in [2.75, 3.05) is 19.8 Å². The van der Waals surface area contributed by atoms with Crippen LogP contribution in [0.1, 0.15) is 0 Å². The third kappa shape index (κ3) is 5.30. The van der Waals surface area contributed by atoms with E-state index in [-0.39, 0.29) is 33.8 Å². The summed E-state index contributed by atoms with van der Waals surface area (Å²) in [5.41, 5.74) is -2.63. The minimum atomic E-state index is -2.09. The number of hydrogen-bond donors (Lipinski definition) is 9. The Kier molecular flexibility index (Phi) is 7.82. The fourth-order valence-electron chi connectivity index (χ4n) is 4.66. The van der Waals surface area contributed by atoms with Gasteiger partial charge in [-0.25, -0.2) is 0 Å². The minimum absolute atomic E-state index is 0.00931. The average Bonchev–Trinajstić information content (AvgIpc) is 3.24. The van der Waals surface area contributed by atoms with Gasteiger partial charge in [0.2, 0.25) is 6.29 Å². The molecule has 2 saturated heterocycles. The van der Waals surface area contributed by atoms with Gasteiger partial charge in [-0.1, -0.05) is 0 Å². The summed E-state index contributed by atoms with van der Waals surface area (Å²) in [7, 11) is 0. The molecule has 0 aliphatic carbocycles. The van der Waals surface area contributed by atoms with Crippen molar-refractivity contribution in [1.29, 1.82) is 0 Å². The molecule has 41 heavy (non-hydrogen) atoms. The first-order valence-electron chi connectivity index (χ1n) is 12.4. The Balaban J connectivity index is 1.45. The van der Waals surface area contributed by atoms with Gasteiger partial charge in [0, 0.05) is 23.8 Å². The van der Waals surface area contributed by atoms with Crippen molar-refractivity contribution in [3.05, 3.63) is 46.6 Å². The number of aromatic hydroxyl groups is 3. The number of aliphatic hydroxyl groups excluding tert-OH is 5. The van der Waals surface area contributed by atoms with Crippen LogP contribution in [-0.2, 0) is 14.2 Å². The zero-order chi connectivity index (χ0) is 29.6. The molecule has 2 aromatic carbocycles. The first kappa shape index (κ1) is 29.0. The van der Waals surface area contributed by atoms with Gasteiger partial charge in [-0.2, -0.15) is 0 Å². The molecule has 15 heteroatoms. The van der Waals surface area contributed by atoms with Crippen LogP contribution in [0, 0.1) is 0 Å². The monoisotopic (exact) mass is 580 g/mol. The Morgan fingerprint density at radius 3 is 2.34 bits per heavy atom. The van der Waals surface area contributed by atoms with Crippen LogP contribution >= 0.6 is 0 Å². The molecule has 8 atom stereocenters. The molecule has 3 aromatic rings. The van der Waals surface area contributed by atoms with E-state index in [9.17, 15) is 50.8 Å². The molecule has 5 rings (SSSR count). The molecule has 0 spiro atoms. The van der Waals surface area contributed by atoms with Crippen LogP contribution in [0.25, 0.3) is 22.3 Å². The normalized spacial score (nSPS) is 31.9. The fourth-order valence-corrected chi connectivity index (χ4v) is 4.66. The highest BCUT2D eigenvalue weighted by atomic mass is 16.8. The van der Waals surface area contributed by atoms with Gasteiger partial charge in [-0.05, 0) is 18.2 Å². The maximum Gasteiger partial charge on any atom is 0.229 e. The van der Waals surface area contributed by atoms with Crippen molar-refractivity contribution in [1.82, 2.24) is 0 Å².